The zero-order chi connectivity index (χ0) is 21.2. The molecule has 0 atom stereocenters. The number of anilines is 1. The lowest BCUT2D eigenvalue weighted by atomic mass is 9.94. The lowest BCUT2D eigenvalue weighted by molar-refractivity contribution is -0.139. The zero-order valence-electron chi connectivity index (χ0n) is 18.1. The van der Waals surface area contributed by atoms with Gasteiger partial charge in [-0.2, -0.15) is 0 Å². The summed E-state index contributed by atoms with van der Waals surface area (Å²) in [5, 5.41) is 0. The maximum Gasteiger partial charge on any atom is 0.229 e. The molecule has 5 nitrogen and oxygen atoms in total. The van der Waals surface area contributed by atoms with Crippen molar-refractivity contribution in [2.45, 2.75) is 40.5 Å². The zero-order valence-corrected chi connectivity index (χ0v) is 18.8. The summed E-state index contributed by atoms with van der Waals surface area (Å²) in [4.78, 5) is 26.8. The maximum atomic E-state index is 12.8. The predicted octanol–water partition coefficient (Wildman–Crippen LogP) is 4.49. The van der Waals surface area contributed by atoms with Crippen molar-refractivity contribution in [2.24, 2.45) is 5.41 Å². The Labute approximate surface area is 179 Å². The van der Waals surface area contributed by atoms with Gasteiger partial charge in [0.15, 0.2) is 5.82 Å². The van der Waals surface area contributed by atoms with Crippen LogP contribution in [0.2, 0.25) is 0 Å². The van der Waals surface area contributed by atoms with E-state index in [2.05, 4.69) is 25.7 Å². The van der Waals surface area contributed by atoms with Gasteiger partial charge in [0.1, 0.15) is 5.82 Å². The van der Waals surface area contributed by atoms with Gasteiger partial charge in [-0.15, -0.1) is 11.6 Å². The van der Waals surface area contributed by atoms with Crippen LogP contribution in [0.5, 0.6) is 0 Å². The van der Waals surface area contributed by atoms with Gasteiger partial charge in [-0.05, 0) is 26.7 Å². The van der Waals surface area contributed by atoms with E-state index in [0.29, 0.717) is 24.9 Å². The van der Waals surface area contributed by atoms with Crippen LogP contribution in [-0.2, 0) is 4.79 Å². The minimum Gasteiger partial charge on any atom is -0.353 e. The molecule has 29 heavy (non-hydrogen) atoms. The van der Waals surface area contributed by atoms with Crippen molar-refractivity contribution in [1.29, 1.82) is 0 Å². The molecule has 1 aliphatic rings. The van der Waals surface area contributed by atoms with Crippen LogP contribution >= 0.6 is 11.6 Å². The highest BCUT2D eigenvalue weighted by Gasteiger charge is 2.33. The lowest BCUT2D eigenvalue weighted by Gasteiger charge is -2.39. The van der Waals surface area contributed by atoms with E-state index in [1.807, 2.05) is 49.1 Å². The lowest BCUT2D eigenvalue weighted by Crippen LogP contribution is -2.53. The smallest absolute Gasteiger partial charge is 0.229 e. The number of carbonyl (C=O) groups is 1. The average molecular weight is 415 g/mol. The summed E-state index contributed by atoms with van der Waals surface area (Å²) in [6.45, 7) is 13.1. The second-order valence-electron chi connectivity index (χ2n) is 8.69. The molecule has 6 heteroatoms. The van der Waals surface area contributed by atoms with Crippen molar-refractivity contribution in [3.63, 3.8) is 0 Å². The van der Waals surface area contributed by atoms with E-state index < -0.39 is 5.41 Å². The average Bonchev–Trinajstić information content (AvgIpc) is 2.73. The van der Waals surface area contributed by atoms with E-state index >= 15 is 0 Å². The number of hydrogen-bond donors (Lipinski definition) is 0. The van der Waals surface area contributed by atoms with Gasteiger partial charge in [-0.1, -0.05) is 44.2 Å². The van der Waals surface area contributed by atoms with Crippen molar-refractivity contribution in [3.8, 4) is 11.4 Å². The van der Waals surface area contributed by atoms with Crippen LogP contribution in [0.15, 0.2) is 30.3 Å². The van der Waals surface area contributed by atoms with Gasteiger partial charge in [0.2, 0.25) is 5.91 Å². The Bertz CT molecular complexity index is 859. The molecule has 1 aromatic heterocycles. The number of nitrogens with zero attached hydrogens (tertiary/aromatic N) is 4. The molecule has 2 heterocycles. The third-order valence-electron chi connectivity index (χ3n) is 5.50. The van der Waals surface area contributed by atoms with E-state index in [4.69, 9.17) is 21.6 Å². The number of hydrogen-bond acceptors (Lipinski definition) is 4. The molecule has 0 unspecified atom stereocenters. The van der Waals surface area contributed by atoms with Gasteiger partial charge in [-0.3, -0.25) is 4.79 Å². The largest absolute Gasteiger partial charge is 0.353 e. The summed E-state index contributed by atoms with van der Waals surface area (Å²) in [6.07, 6.45) is 0. The fourth-order valence-corrected chi connectivity index (χ4v) is 3.92. The summed E-state index contributed by atoms with van der Waals surface area (Å²) in [5.41, 5.74) is 2.69. The second-order valence-corrected chi connectivity index (χ2v) is 8.95. The molecule has 1 amide bonds. The van der Waals surface area contributed by atoms with Gasteiger partial charge in [0, 0.05) is 48.9 Å². The molecular weight excluding hydrogens is 384 g/mol. The second kappa shape index (κ2) is 8.70. The fraction of sp³-hybridized carbons (Fsp3) is 0.522. The maximum absolute atomic E-state index is 12.8. The highest BCUT2D eigenvalue weighted by atomic mass is 35.5. The number of aryl methyl sites for hydroxylation is 1. The number of amides is 1. The van der Waals surface area contributed by atoms with Crippen LogP contribution in [0.4, 0.5) is 5.82 Å². The van der Waals surface area contributed by atoms with E-state index in [-0.39, 0.29) is 5.91 Å². The normalized spacial score (nSPS) is 15.1. The summed E-state index contributed by atoms with van der Waals surface area (Å²) >= 11 is 6.01. The van der Waals surface area contributed by atoms with Gasteiger partial charge < -0.3 is 9.80 Å². The summed E-state index contributed by atoms with van der Waals surface area (Å²) in [7, 11) is 0. The standard InChI is InChI=1S/C23H31ClN4O/c1-16(2)19-17(3)25-20(18-9-7-6-8-10-18)26-21(19)27-11-13-28(14-12-27)22(29)23(4,5)15-24/h6-10,16H,11-15H2,1-5H3. The minimum absolute atomic E-state index is 0.125. The molecule has 156 valence electrons. The third kappa shape index (κ3) is 4.55. The van der Waals surface area contributed by atoms with Crippen LogP contribution in [-0.4, -0.2) is 52.8 Å². The molecule has 1 fully saturated rings. The first kappa shape index (κ1) is 21.6. The molecule has 1 aliphatic heterocycles. The molecule has 2 aromatic rings. The van der Waals surface area contributed by atoms with Crippen LogP contribution in [0.1, 0.15) is 44.9 Å². The number of aromatic nitrogens is 2. The van der Waals surface area contributed by atoms with Crippen molar-refractivity contribution >= 4 is 23.3 Å². The number of alkyl halides is 1. The Morgan fingerprint density at radius 3 is 2.28 bits per heavy atom. The van der Waals surface area contributed by atoms with Crippen molar-refractivity contribution in [2.75, 3.05) is 37.0 Å². The van der Waals surface area contributed by atoms with Crippen LogP contribution in [0.25, 0.3) is 11.4 Å². The Hall–Kier alpha value is -2.14. The molecule has 0 N–H and O–H groups in total. The molecule has 1 aromatic carbocycles. The predicted molar refractivity (Wildman–Crippen MR) is 120 cm³/mol. The minimum atomic E-state index is -0.529. The van der Waals surface area contributed by atoms with Gasteiger partial charge in [0.05, 0.1) is 5.41 Å². The topological polar surface area (TPSA) is 49.3 Å². The van der Waals surface area contributed by atoms with Crippen LogP contribution in [0.3, 0.4) is 0 Å². The summed E-state index contributed by atoms with van der Waals surface area (Å²) < 4.78 is 0. The molecule has 0 saturated carbocycles. The number of piperazine rings is 1. The van der Waals surface area contributed by atoms with E-state index in [9.17, 15) is 4.79 Å². The first-order valence-corrected chi connectivity index (χ1v) is 10.8. The Morgan fingerprint density at radius 2 is 1.72 bits per heavy atom. The number of benzene rings is 1. The van der Waals surface area contributed by atoms with E-state index in [0.717, 1.165) is 36.0 Å². The van der Waals surface area contributed by atoms with Crippen LogP contribution < -0.4 is 4.90 Å². The molecule has 0 spiro atoms. The first-order valence-electron chi connectivity index (χ1n) is 10.3. The highest BCUT2D eigenvalue weighted by molar-refractivity contribution is 6.19. The number of carbonyl (C=O) groups excluding carboxylic acids is 1. The Kier molecular flexibility index (Phi) is 6.47. The Balaban J connectivity index is 1.88. The molecule has 1 saturated heterocycles. The molecule has 0 aliphatic carbocycles. The van der Waals surface area contributed by atoms with E-state index in [1.54, 1.807) is 0 Å². The number of rotatable bonds is 5. The fourth-order valence-electron chi connectivity index (χ4n) is 3.81. The summed E-state index contributed by atoms with van der Waals surface area (Å²) in [6, 6.07) is 10.1. The SMILES string of the molecule is Cc1nc(-c2ccccc2)nc(N2CCN(C(=O)C(C)(C)CCl)CC2)c1C(C)C. The van der Waals surface area contributed by atoms with Gasteiger partial charge in [0.25, 0.3) is 0 Å². The van der Waals surface area contributed by atoms with Gasteiger partial charge >= 0.3 is 0 Å². The molecule has 0 radical (unpaired) electrons. The van der Waals surface area contributed by atoms with Crippen molar-refractivity contribution in [1.82, 2.24) is 14.9 Å². The van der Waals surface area contributed by atoms with Crippen molar-refractivity contribution < 1.29 is 4.79 Å². The molecular formula is C23H31ClN4O. The van der Waals surface area contributed by atoms with E-state index in [1.165, 1.54) is 5.56 Å². The number of halogens is 1. The summed E-state index contributed by atoms with van der Waals surface area (Å²) in [5.74, 6) is 2.53. The van der Waals surface area contributed by atoms with Crippen LogP contribution in [0, 0.1) is 12.3 Å². The Morgan fingerprint density at radius 1 is 1.10 bits per heavy atom. The van der Waals surface area contributed by atoms with Gasteiger partial charge in [-0.25, -0.2) is 9.97 Å². The monoisotopic (exact) mass is 414 g/mol. The first-order chi connectivity index (χ1) is 13.7. The quantitative estimate of drug-likeness (QED) is 0.676. The van der Waals surface area contributed by atoms with Crippen molar-refractivity contribution in [3.05, 3.63) is 41.6 Å². The molecule has 0 bridgehead atoms. The molecule has 3 rings (SSSR count). The highest BCUT2D eigenvalue weighted by Crippen LogP contribution is 2.32. The third-order valence-corrected chi connectivity index (χ3v) is 6.17.